The minimum absolute atomic E-state index is 0.171. The zero-order valence-corrected chi connectivity index (χ0v) is 35.8. The summed E-state index contributed by atoms with van der Waals surface area (Å²) < 4.78 is 54.0. The maximum atomic E-state index is 14.6. The van der Waals surface area contributed by atoms with Crippen LogP contribution in [0.2, 0.25) is 5.02 Å². The van der Waals surface area contributed by atoms with Crippen molar-refractivity contribution < 1.29 is 41.8 Å². The van der Waals surface area contributed by atoms with Crippen molar-refractivity contribution in [2.24, 2.45) is 5.92 Å². The van der Waals surface area contributed by atoms with Crippen molar-refractivity contribution in [3.63, 3.8) is 0 Å². The quantitative estimate of drug-likeness (QED) is 0.158. The molecule has 3 atom stereocenters. The first-order chi connectivity index (χ1) is 28.7. The summed E-state index contributed by atoms with van der Waals surface area (Å²) in [7, 11) is 1.25. The Morgan fingerprint density at radius 1 is 0.934 bits per heavy atom. The van der Waals surface area contributed by atoms with Crippen molar-refractivity contribution in [1.29, 1.82) is 0 Å². The molecular weight excluding hydrogens is 817 g/mol. The molecule has 2 saturated heterocycles. The molecule has 6 rings (SSSR count). The molecule has 14 nitrogen and oxygen atoms in total. The van der Waals surface area contributed by atoms with Crippen LogP contribution in [0.3, 0.4) is 0 Å². The number of aromatic nitrogens is 3. The Balaban J connectivity index is 1.13. The van der Waals surface area contributed by atoms with Gasteiger partial charge in [-0.05, 0) is 87.4 Å². The fourth-order valence-electron chi connectivity index (χ4n) is 7.52. The first-order valence-electron chi connectivity index (χ1n) is 20.0. The van der Waals surface area contributed by atoms with E-state index in [1.165, 1.54) is 31.4 Å². The molecule has 2 aliphatic rings. The van der Waals surface area contributed by atoms with Gasteiger partial charge in [0.2, 0.25) is 5.91 Å². The van der Waals surface area contributed by atoms with Crippen LogP contribution in [0.1, 0.15) is 76.6 Å². The average Bonchev–Trinajstić information content (AvgIpc) is 3.90. The minimum Gasteiger partial charge on any atom is -0.453 e. The van der Waals surface area contributed by atoms with Crippen LogP contribution in [0.15, 0.2) is 67.0 Å². The second-order valence-electron chi connectivity index (χ2n) is 16.5. The molecule has 2 aromatic heterocycles. The molecule has 2 aliphatic heterocycles. The number of pyridine rings is 1. The van der Waals surface area contributed by atoms with Gasteiger partial charge in [0, 0.05) is 38.4 Å². The van der Waals surface area contributed by atoms with Crippen LogP contribution in [0.25, 0.3) is 22.4 Å². The van der Waals surface area contributed by atoms with Gasteiger partial charge < -0.3 is 34.5 Å². The molecule has 2 fully saturated rings. The molecule has 0 aliphatic carbocycles. The highest BCUT2D eigenvalue weighted by Crippen LogP contribution is 2.39. The summed E-state index contributed by atoms with van der Waals surface area (Å²) in [5, 5.41) is 2.35. The molecule has 0 spiro atoms. The molecule has 61 heavy (non-hydrogen) atoms. The second-order valence-corrected chi connectivity index (χ2v) is 16.9. The van der Waals surface area contributed by atoms with Crippen molar-refractivity contribution >= 4 is 47.1 Å². The number of anilines is 2. The lowest BCUT2D eigenvalue weighted by molar-refractivity contribution is -0.135. The van der Waals surface area contributed by atoms with Gasteiger partial charge in [0.15, 0.2) is 0 Å². The lowest BCUT2D eigenvalue weighted by atomic mass is 10.0. The fourth-order valence-corrected chi connectivity index (χ4v) is 7.78. The third kappa shape index (κ3) is 10.2. The van der Waals surface area contributed by atoms with Crippen molar-refractivity contribution in [1.82, 2.24) is 30.1 Å². The van der Waals surface area contributed by atoms with E-state index in [-0.39, 0.29) is 39.4 Å². The summed E-state index contributed by atoms with van der Waals surface area (Å²) in [6, 6.07) is 12.7. The van der Waals surface area contributed by atoms with Gasteiger partial charge >= 0.3 is 18.5 Å². The number of rotatable bonds is 9. The summed E-state index contributed by atoms with van der Waals surface area (Å²) in [5.41, 5.74) is 1.18. The van der Waals surface area contributed by atoms with Gasteiger partial charge in [0.1, 0.15) is 23.3 Å². The van der Waals surface area contributed by atoms with E-state index >= 15 is 0 Å². The van der Waals surface area contributed by atoms with E-state index in [2.05, 4.69) is 20.3 Å². The van der Waals surface area contributed by atoms with Gasteiger partial charge in [-0.25, -0.2) is 24.5 Å². The maximum Gasteiger partial charge on any atom is 0.491 e. The highest BCUT2D eigenvalue weighted by Gasteiger charge is 2.44. The number of H-pyrrole nitrogens is 1. The summed E-state index contributed by atoms with van der Waals surface area (Å²) in [6.07, 6.45) is -1.99. The van der Waals surface area contributed by atoms with E-state index in [0.29, 0.717) is 61.1 Å². The van der Waals surface area contributed by atoms with Gasteiger partial charge in [-0.1, -0.05) is 55.8 Å². The van der Waals surface area contributed by atoms with E-state index < -0.39 is 41.7 Å². The molecule has 2 aromatic carbocycles. The number of carbonyl (C=O) groups excluding carboxylic acids is 4. The number of hydrogen-bond acceptors (Lipinski definition) is 9. The SMILES string of the molecule is COC(=O)NC(C(=O)N1CCCC1c1ncc(-c2ccc(-c3ccc(N(C(=O)c4ccc(N5CCN(C(=O)OC(C)(C)C)CC5C)nc4)C(F)(F)F)c(Cl)c3)cc2)[nH]1)C(C)C. The van der Waals surface area contributed by atoms with E-state index in [4.69, 9.17) is 21.1 Å². The van der Waals surface area contributed by atoms with Crippen molar-refractivity contribution in [3.05, 3.63) is 83.4 Å². The third-order valence-electron chi connectivity index (χ3n) is 10.6. The largest absolute Gasteiger partial charge is 0.491 e. The number of aromatic amines is 1. The monoisotopic (exact) mass is 866 g/mol. The number of alkyl carbamates (subject to hydrolysis) is 1. The topological polar surface area (TPSA) is 153 Å². The van der Waals surface area contributed by atoms with E-state index in [1.807, 2.05) is 37.8 Å². The smallest absolute Gasteiger partial charge is 0.453 e. The Morgan fingerprint density at radius 2 is 1.62 bits per heavy atom. The highest BCUT2D eigenvalue weighted by molar-refractivity contribution is 6.34. The number of amides is 4. The molecule has 326 valence electrons. The van der Waals surface area contributed by atoms with E-state index in [9.17, 15) is 32.3 Å². The number of alkyl halides is 3. The van der Waals surface area contributed by atoms with Crippen LogP contribution in [0, 0.1) is 5.92 Å². The van der Waals surface area contributed by atoms with Gasteiger partial charge in [0.05, 0.1) is 41.3 Å². The van der Waals surface area contributed by atoms with Crippen LogP contribution < -0.4 is 15.1 Å². The number of likely N-dealkylation sites (tertiary alicyclic amines) is 1. The maximum absolute atomic E-state index is 14.6. The zero-order valence-electron chi connectivity index (χ0n) is 35.0. The molecule has 4 heterocycles. The molecule has 18 heteroatoms. The molecule has 3 unspecified atom stereocenters. The molecule has 2 N–H and O–H groups in total. The Kier molecular flexibility index (Phi) is 13.2. The molecule has 4 aromatic rings. The number of piperazine rings is 1. The van der Waals surface area contributed by atoms with E-state index in [0.717, 1.165) is 24.2 Å². The number of benzene rings is 2. The van der Waals surface area contributed by atoms with Crippen molar-refractivity contribution in [2.45, 2.75) is 84.4 Å². The lowest BCUT2D eigenvalue weighted by Gasteiger charge is -2.40. The number of imidazole rings is 1. The summed E-state index contributed by atoms with van der Waals surface area (Å²) >= 11 is 6.50. The van der Waals surface area contributed by atoms with Crippen LogP contribution >= 0.6 is 11.6 Å². The minimum atomic E-state index is -5.11. The lowest BCUT2D eigenvalue weighted by Crippen LogP contribution is -2.54. The van der Waals surface area contributed by atoms with Gasteiger partial charge in [-0.3, -0.25) is 9.59 Å². The van der Waals surface area contributed by atoms with Gasteiger partial charge in [-0.2, -0.15) is 0 Å². The molecule has 4 amide bonds. The summed E-state index contributed by atoms with van der Waals surface area (Å²) in [5.74, 6) is -0.687. The Hall–Kier alpha value is -5.84. The Labute approximate surface area is 357 Å². The summed E-state index contributed by atoms with van der Waals surface area (Å²) in [6.45, 7) is 12.6. The highest BCUT2D eigenvalue weighted by atomic mass is 35.5. The number of hydrogen-bond donors (Lipinski definition) is 2. The Bertz CT molecular complexity index is 2230. The van der Waals surface area contributed by atoms with Gasteiger partial charge in [-0.15, -0.1) is 13.2 Å². The van der Waals surface area contributed by atoms with Crippen LogP contribution in [-0.4, -0.2) is 106 Å². The predicted octanol–water partition coefficient (Wildman–Crippen LogP) is 8.45. The number of nitrogens with one attached hydrogen (secondary N) is 2. The molecule has 0 radical (unpaired) electrons. The second kappa shape index (κ2) is 18.0. The first kappa shape index (κ1) is 44.7. The first-order valence-corrected chi connectivity index (χ1v) is 20.4. The molecule has 0 bridgehead atoms. The normalized spacial score (nSPS) is 17.6. The number of ether oxygens (including phenoxy) is 2. The number of methoxy groups -OCH3 is 1. The zero-order chi connectivity index (χ0) is 44.4. The summed E-state index contributed by atoms with van der Waals surface area (Å²) in [4.78, 5) is 68.7. The van der Waals surface area contributed by atoms with Gasteiger partial charge in [0.25, 0.3) is 5.91 Å². The van der Waals surface area contributed by atoms with Crippen molar-refractivity contribution in [2.75, 3.05) is 43.1 Å². The molecule has 0 saturated carbocycles. The molecular formula is C43H50ClF3N8O6. The van der Waals surface area contributed by atoms with Crippen molar-refractivity contribution in [3.8, 4) is 22.4 Å². The van der Waals surface area contributed by atoms with Crippen LogP contribution in [0.5, 0.6) is 0 Å². The van der Waals surface area contributed by atoms with Crippen LogP contribution in [-0.2, 0) is 14.3 Å². The Morgan fingerprint density at radius 3 is 2.21 bits per heavy atom. The standard InChI is InChI=1S/C43H50ClF3N8O6/c1-25(2)36(51-40(58)60-7)39(57)54-18-8-9-34(54)37-49-23-32(50-37)28-12-10-27(11-13-28)29-14-16-33(31(44)21-29)55(43(45,46)47)38(56)30-15-17-35(48-22-30)53-20-19-52(24-26(53)3)41(59)61-42(4,5)6/h10-17,21-23,25-26,34,36H,8-9,18-20,24H2,1-7H3,(H,49,50)(H,51,58). The van der Waals surface area contributed by atoms with E-state index in [1.54, 1.807) is 48.9 Å². The number of carbonyl (C=O) groups is 4. The van der Waals surface area contributed by atoms with Crippen LogP contribution in [0.4, 0.5) is 34.3 Å². The average molecular weight is 867 g/mol. The number of nitrogens with zero attached hydrogens (tertiary/aromatic N) is 6. The fraction of sp³-hybridized carbons (Fsp3) is 0.442. The third-order valence-corrected chi connectivity index (χ3v) is 10.9. The predicted molar refractivity (Wildman–Crippen MR) is 224 cm³/mol. The number of halogens is 4.